The Kier molecular flexibility index (Phi) is 29.2. The van der Waals surface area contributed by atoms with Gasteiger partial charge in [-0.1, -0.05) is 125 Å². The predicted octanol–water partition coefficient (Wildman–Crippen LogP) is 9.00. The average Bonchev–Trinajstić information content (AvgIpc) is 2.96. The van der Waals surface area contributed by atoms with Gasteiger partial charge in [0.15, 0.2) is 0 Å². The Morgan fingerprint density at radius 1 is 0.625 bits per heavy atom. The smallest absolute Gasteiger partial charge is 0.220 e. The summed E-state index contributed by atoms with van der Waals surface area (Å²) < 4.78 is 0. The van der Waals surface area contributed by atoms with Crippen LogP contribution >= 0.6 is 0 Å². The molecule has 0 bridgehead atoms. The van der Waals surface area contributed by atoms with E-state index < -0.39 is 12.1 Å². The first kappa shape index (κ1) is 37.6. The maximum atomic E-state index is 12.2. The van der Waals surface area contributed by atoms with Gasteiger partial charge in [-0.25, -0.2) is 0 Å². The fraction of sp³-hybridized carbons (Fsp3) is 0.583. The zero-order valence-corrected chi connectivity index (χ0v) is 25.6. The normalized spacial score (nSPS) is 14.4. The molecule has 0 radical (unpaired) electrons. The lowest BCUT2D eigenvalue weighted by atomic mass is 10.1. The molecule has 4 heteroatoms. The quantitative estimate of drug-likeness (QED) is 0.0739. The summed E-state index contributed by atoms with van der Waals surface area (Å²) in [5.74, 6) is -0.104. The lowest BCUT2D eigenvalue weighted by molar-refractivity contribution is -0.123. The minimum atomic E-state index is -0.871. The average molecular weight is 554 g/mol. The number of aliphatic hydroxyl groups is 2. The maximum absolute atomic E-state index is 12.2. The molecule has 2 unspecified atom stereocenters. The second-order valence-electron chi connectivity index (χ2n) is 10.1. The first-order chi connectivity index (χ1) is 19.7. The molecule has 0 aliphatic carbocycles. The number of rotatable bonds is 26. The van der Waals surface area contributed by atoms with Crippen LogP contribution in [-0.2, 0) is 4.79 Å². The highest BCUT2D eigenvalue weighted by Crippen LogP contribution is 2.09. The van der Waals surface area contributed by atoms with Crippen LogP contribution in [0, 0.1) is 0 Å². The molecule has 0 saturated heterocycles. The summed E-state index contributed by atoms with van der Waals surface area (Å²) in [5.41, 5.74) is 0. The van der Waals surface area contributed by atoms with Gasteiger partial charge in [-0.3, -0.25) is 4.79 Å². The Bertz CT molecular complexity index is 773. The molecular formula is C36H59NO3. The molecule has 4 nitrogen and oxygen atoms in total. The van der Waals surface area contributed by atoms with E-state index in [1.807, 2.05) is 6.08 Å². The summed E-state index contributed by atoms with van der Waals surface area (Å²) in [5, 5.41) is 22.6. The fourth-order valence-corrected chi connectivity index (χ4v) is 3.93. The third kappa shape index (κ3) is 27.1. The van der Waals surface area contributed by atoms with Gasteiger partial charge in [-0.05, 0) is 70.6 Å². The van der Waals surface area contributed by atoms with Crippen LogP contribution in [0.1, 0.15) is 117 Å². The van der Waals surface area contributed by atoms with E-state index in [2.05, 4.69) is 92.1 Å². The maximum Gasteiger partial charge on any atom is 0.220 e. The Labute approximate surface area is 246 Å². The van der Waals surface area contributed by atoms with E-state index in [0.717, 1.165) is 83.5 Å². The number of allylic oxidation sites excluding steroid dienone is 13. The van der Waals surface area contributed by atoms with Crippen LogP contribution in [0.2, 0.25) is 0 Å². The molecular weight excluding hydrogens is 494 g/mol. The van der Waals surface area contributed by atoms with Crippen molar-refractivity contribution in [2.75, 3.05) is 6.61 Å². The van der Waals surface area contributed by atoms with Gasteiger partial charge in [0, 0.05) is 6.42 Å². The molecule has 3 N–H and O–H groups in total. The summed E-state index contributed by atoms with van der Waals surface area (Å²) in [7, 11) is 0. The van der Waals surface area contributed by atoms with Crippen LogP contribution in [-0.4, -0.2) is 34.9 Å². The van der Waals surface area contributed by atoms with Crippen LogP contribution in [0.15, 0.2) is 85.1 Å². The van der Waals surface area contributed by atoms with Gasteiger partial charge in [0.1, 0.15) is 0 Å². The van der Waals surface area contributed by atoms with E-state index in [1.54, 1.807) is 6.08 Å². The van der Waals surface area contributed by atoms with Crippen molar-refractivity contribution < 1.29 is 15.0 Å². The fourth-order valence-electron chi connectivity index (χ4n) is 3.93. The highest BCUT2D eigenvalue weighted by molar-refractivity contribution is 5.76. The third-order valence-corrected chi connectivity index (χ3v) is 6.34. The first-order valence-corrected chi connectivity index (χ1v) is 15.8. The van der Waals surface area contributed by atoms with Crippen LogP contribution in [0.25, 0.3) is 0 Å². The molecule has 0 aliphatic rings. The molecule has 0 heterocycles. The van der Waals surface area contributed by atoms with E-state index in [4.69, 9.17) is 0 Å². The van der Waals surface area contributed by atoms with E-state index in [-0.39, 0.29) is 12.5 Å². The molecule has 0 aromatic carbocycles. The first-order valence-electron chi connectivity index (χ1n) is 15.8. The van der Waals surface area contributed by atoms with Crippen molar-refractivity contribution in [3.63, 3.8) is 0 Å². The SMILES string of the molecule is CC/C=C\C/C=C\C/C=C\C/C=C\C/C=C\CCCCCCCC(=O)NC(CO)C(O)/C=C/CC/C=C/CCC. The molecule has 0 fully saturated rings. The van der Waals surface area contributed by atoms with E-state index in [1.165, 1.54) is 12.8 Å². The largest absolute Gasteiger partial charge is 0.394 e. The van der Waals surface area contributed by atoms with Crippen LogP contribution in [0.5, 0.6) is 0 Å². The van der Waals surface area contributed by atoms with Crippen molar-refractivity contribution in [2.45, 2.75) is 129 Å². The number of amides is 1. The molecule has 1 amide bonds. The second kappa shape index (κ2) is 31.1. The molecule has 0 aromatic rings. The Balaban J connectivity index is 3.74. The van der Waals surface area contributed by atoms with Crippen LogP contribution in [0.3, 0.4) is 0 Å². The van der Waals surface area contributed by atoms with Crippen LogP contribution < -0.4 is 5.32 Å². The standard InChI is InChI=1S/C36H59NO3/c1-3-5-7-9-11-12-13-14-15-16-17-18-19-20-21-22-23-24-26-28-30-32-36(40)37-34(33-38)35(39)31-29-27-25-10-8-6-4-2/h5,7-8,10-12,14-15,17-18,20-21,29,31,34-35,38-39H,3-4,6,9,13,16,19,22-28,30,32-33H2,1-2H3,(H,37,40)/b7-5-,10-8+,12-11-,15-14-,18-17-,21-20-,31-29+. The zero-order valence-electron chi connectivity index (χ0n) is 25.6. The van der Waals surface area contributed by atoms with Gasteiger partial charge in [0.05, 0.1) is 18.8 Å². The summed E-state index contributed by atoms with van der Waals surface area (Å²) in [6, 6.07) is -0.650. The summed E-state index contributed by atoms with van der Waals surface area (Å²) in [4.78, 5) is 12.2. The van der Waals surface area contributed by atoms with Gasteiger partial charge >= 0.3 is 0 Å². The van der Waals surface area contributed by atoms with E-state index in [9.17, 15) is 15.0 Å². The highest BCUT2D eigenvalue weighted by atomic mass is 16.3. The minimum absolute atomic E-state index is 0.104. The van der Waals surface area contributed by atoms with E-state index in [0.29, 0.717) is 6.42 Å². The van der Waals surface area contributed by atoms with Crippen molar-refractivity contribution in [1.82, 2.24) is 5.32 Å². The molecule has 40 heavy (non-hydrogen) atoms. The Morgan fingerprint density at radius 2 is 1.12 bits per heavy atom. The molecule has 0 saturated carbocycles. The second-order valence-corrected chi connectivity index (χ2v) is 10.1. The molecule has 0 aromatic heterocycles. The van der Waals surface area contributed by atoms with Crippen molar-refractivity contribution >= 4 is 5.91 Å². The van der Waals surface area contributed by atoms with Gasteiger partial charge in [0.25, 0.3) is 0 Å². The highest BCUT2D eigenvalue weighted by Gasteiger charge is 2.17. The zero-order chi connectivity index (χ0) is 29.4. The van der Waals surface area contributed by atoms with Crippen molar-refractivity contribution in [1.29, 1.82) is 0 Å². The van der Waals surface area contributed by atoms with E-state index >= 15 is 0 Å². The number of aliphatic hydroxyl groups excluding tert-OH is 2. The van der Waals surface area contributed by atoms with Crippen molar-refractivity contribution in [3.05, 3.63) is 85.1 Å². The number of hydrogen-bond donors (Lipinski definition) is 3. The molecule has 2 atom stereocenters. The van der Waals surface area contributed by atoms with Gasteiger partial charge in [0.2, 0.25) is 5.91 Å². The third-order valence-electron chi connectivity index (χ3n) is 6.34. The Morgan fingerprint density at radius 3 is 1.73 bits per heavy atom. The summed E-state index contributed by atoms with van der Waals surface area (Å²) >= 11 is 0. The Hall–Kier alpha value is -2.43. The lowest BCUT2D eigenvalue weighted by Crippen LogP contribution is -2.45. The van der Waals surface area contributed by atoms with Gasteiger partial charge in [-0.15, -0.1) is 0 Å². The van der Waals surface area contributed by atoms with Crippen LogP contribution in [0.4, 0.5) is 0 Å². The number of hydrogen-bond acceptors (Lipinski definition) is 3. The lowest BCUT2D eigenvalue weighted by Gasteiger charge is -2.19. The summed E-state index contributed by atoms with van der Waals surface area (Å²) in [6.45, 7) is 4.03. The topological polar surface area (TPSA) is 69.6 Å². The molecule has 0 spiro atoms. The van der Waals surface area contributed by atoms with Gasteiger partial charge in [-0.2, -0.15) is 0 Å². The summed E-state index contributed by atoms with van der Waals surface area (Å²) in [6.07, 6.45) is 45.3. The van der Waals surface area contributed by atoms with Crippen molar-refractivity contribution in [3.8, 4) is 0 Å². The van der Waals surface area contributed by atoms with Crippen molar-refractivity contribution in [2.24, 2.45) is 0 Å². The molecule has 0 aliphatic heterocycles. The number of carbonyl (C=O) groups excluding carboxylic acids is 1. The monoisotopic (exact) mass is 553 g/mol. The molecule has 0 rings (SSSR count). The number of unbranched alkanes of at least 4 members (excludes halogenated alkanes) is 7. The minimum Gasteiger partial charge on any atom is -0.394 e. The van der Waals surface area contributed by atoms with Gasteiger partial charge < -0.3 is 15.5 Å². The number of carbonyl (C=O) groups is 1. The number of nitrogens with one attached hydrogen (secondary N) is 1. The molecule has 226 valence electrons. The predicted molar refractivity (Wildman–Crippen MR) is 174 cm³/mol.